The van der Waals surface area contributed by atoms with Gasteiger partial charge in [0.15, 0.2) is 0 Å². The Morgan fingerprint density at radius 1 is 1.30 bits per heavy atom. The van der Waals surface area contributed by atoms with Crippen LogP contribution in [0.15, 0.2) is 23.6 Å². The van der Waals surface area contributed by atoms with Crippen LogP contribution in [-0.2, 0) is 11.3 Å². The first kappa shape index (κ1) is 22.1. The second-order valence-electron chi connectivity index (χ2n) is 7.50. The quantitative estimate of drug-likeness (QED) is 0.693. The summed E-state index contributed by atoms with van der Waals surface area (Å²) in [6, 6.07) is 5.54. The van der Waals surface area contributed by atoms with E-state index >= 15 is 0 Å². The minimum absolute atomic E-state index is 0.0000947. The van der Waals surface area contributed by atoms with E-state index in [2.05, 4.69) is 10.3 Å². The molecule has 0 aliphatic carbocycles. The molecule has 1 aromatic heterocycles. The minimum Gasteiger partial charge on any atom is -0.497 e. The monoisotopic (exact) mass is 431 g/mol. The van der Waals surface area contributed by atoms with Crippen molar-refractivity contribution >= 4 is 23.2 Å². The van der Waals surface area contributed by atoms with Crippen LogP contribution in [0.1, 0.15) is 46.7 Å². The van der Waals surface area contributed by atoms with Gasteiger partial charge < -0.3 is 19.7 Å². The second-order valence-corrected chi connectivity index (χ2v) is 8.57. The van der Waals surface area contributed by atoms with Gasteiger partial charge in [0.25, 0.3) is 5.91 Å². The number of piperidine rings is 1. The van der Waals surface area contributed by atoms with Crippen molar-refractivity contribution in [3.63, 3.8) is 0 Å². The Balaban J connectivity index is 1.46. The molecule has 1 saturated heterocycles. The maximum atomic E-state index is 12.6. The zero-order valence-corrected chi connectivity index (χ0v) is 18.6. The van der Waals surface area contributed by atoms with Gasteiger partial charge in [-0.05, 0) is 44.2 Å². The lowest BCUT2D eigenvalue weighted by molar-refractivity contribution is -0.121. The molecule has 1 aromatic carbocycles. The number of hydrogen-bond donors (Lipinski definition) is 1. The predicted molar refractivity (Wildman–Crippen MR) is 116 cm³/mol. The maximum absolute atomic E-state index is 12.6. The van der Waals surface area contributed by atoms with E-state index in [1.54, 1.807) is 20.3 Å². The summed E-state index contributed by atoms with van der Waals surface area (Å²) in [4.78, 5) is 31.2. The van der Waals surface area contributed by atoms with Crippen LogP contribution in [0.25, 0.3) is 0 Å². The fourth-order valence-corrected chi connectivity index (χ4v) is 4.31. The number of ether oxygens (including phenoxy) is 2. The van der Waals surface area contributed by atoms with Crippen molar-refractivity contribution in [3.05, 3.63) is 39.8 Å². The lowest BCUT2D eigenvalue weighted by atomic mass is 9.93. The van der Waals surface area contributed by atoms with Crippen LogP contribution in [0.2, 0.25) is 0 Å². The number of nitrogens with one attached hydrogen (secondary N) is 1. The molecular formula is C22H29N3O4S. The van der Waals surface area contributed by atoms with Gasteiger partial charge in [0.05, 0.1) is 19.2 Å². The van der Waals surface area contributed by atoms with Gasteiger partial charge in [-0.2, -0.15) is 0 Å². The first-order valence-corrected chi connectivity index (χ1v) is 11.1. The van der Waals surface area contributed by atoms with E-state index in [-0.39, 0.29) is 11.8 Å². The van der Waals surface area contributed by atoms with Crippen molar-refractivity contribution in [2.45, 2.75) is 39.2 Å². The molecule has 2 amide bonds. The third-order valence-electron chi connectivity index (χ3n) is 5.39. The SMILES string of the molecule is COc1ccc(CNC(=O)CC[C@H]2CCCN(C(=O)c3csc(C)n3)C2)c(OC)c1. The van der Waals surface area contributed by atoms with Gasteiger partial charge in [-0.15, -0.1) is 11.3 Å². The molecule has 1 aliphatic heterocycles. The number of likely N-dealkylation sites (tertiary alicyclic amines) is 1. The summed E-state index contributed by atoms with van der Waals surface area (Å²) in [7, 11) is 3.21. The summed E-state index contributed by atoms with van der Waals surface area (Å²) >= 11 is 1.49. The first-order valence-electron chi connectivity index (χ1n) is 10.2. The Morgan fingerprint density at radius 3 is 2.83 bits per heavy atom. The van der Waals surface area contributed by atoms with Gasteiger partial charge >= 0.3 is 0 Å². The molecule has 7 nitrogen and oxygen atoms in total. The topological polar surface area (TPSA) is 80.8 Å². The summed E-state index contributed by atoms with van der Waals surface area (Å²) in [5.74, 6) is 1.75. The lowest BCUT2D eigenvalue weighted by Crippen LogP contribution is -2.40. The van der Waals surface area contributed by atoms with Crippen LogP contribution >= 0.6 is 11.3 Å². The summed E-state index contributed by atoms with van der Waals surface area (Å²) in [6.45, 7) is 3.76. The van der Waals surface area contributed by atoms with Gasteiger partial charge in [0, 0.05) is 43.1 Å². The molecule has 1 N–H and O–H groups in total. The standard InChI is InChI=1S/C22H29N3O4S/c1-15-24-19(14-30-15)22(27)25-10-4-5-16(13-25)6-9-21(26)23-12-17-7-8-18(28-2)11-20(17)29-3/h7-8,11,14,16H,4-6,9-10,12-13H2,1-3H3,(H,23,26)/t16-/m1/s1. The lowest BCUT2D eigenvalue weighted by Gasteiger charge is -2.32. The van der Waals surface area contributed by atoms with E-state index < -0.39 is 0 Å². The fourth-order valence-electron chi connectivity index (χ4n) is 3.72. The van der Waals surface area contributed by atoms with E-state index in [4.69, 9.17) is 9.47 Å². The number of aryl methyl sites for hydroxylation is 1. The van der Waals surface area contributed by atoms with Crippen LogP contribution in [0.3, 0.4) is 0 Å². The van der Waals surface area contributed by atoms with Gasteiger partial charge in [0.1, 0.15) is 17.2 Å². The Morgan fingerprint density at radius 2 is 2.13 bits per heavy atom. The predicted octanol–water partition coefficient (Wildman–Crippen LogP) is 3.42. The molecule has 1 aliphatic rings. The number of amides is 2. The number of hydrogen-bond acceptors (Lipinski definition) is 6. The molecule has 3 rings (SSSR count). The highest BCUT2D eigenvalue weighted by Crippen LogP contribution is 2.25. The van der Waals surface area contributed by atoms with Crippen LogP contribution in [0, 0.1) is 12.8 Å². The summed E-state index contributed by atoms with van der Waals surface area (Å²) < 4.78 is 10.6. The average Bonchev–Trinajstić information content (AvgIpc) is 3.22. The van der Waals surface area contributed by atoms with Crippen LogP contribution in [-0.4, -0.2) is 49.0 Å². The van der Waals surface area contributed by atoms with Crippen LogP contribution in [0.5, 0.6) is 11.5 Å². The Kier molecular flexibility index (Phi) is 7.68. The minimum atomic E-state index is 0.0000947. The molecule has 0 radical (unpaired) electrons. The van der Waals surface area contributed by atoms with Crippen molar-refractivity contribution in [1.29, 1.82) is 0 Å². The second kappa shape index (κ2) is 10.4. The third kappa shape index (κ3) is 5.72. The summed E-state index contributed by atoms with van der Waals surface area (Å²) in [5, 5.41) is 5.69. The molecule has 0 unspecified atom stereocenters. The zero-order valence-electron chi connectivity index (χ0n) is 17.8. The number of carbonyl (C=O) groups excluding carboxylic acids is 2. The van der Waals surface area contributed by atoms with Gasteiger partial charge in [-0.3, -0.25) is 9.59 Å². The molecule has 0 saturated carbocycles. The van der Waals surface area contributed by atoms with Crippen molar-refractivity contribution in [2.75, 3.05) is 27.3 Å². The van der Waals surface area contributed by atoms with Crippen molar-refractivity contribution in [1.82, 2.24) is 15.2 Å². The molecule has 162 valence electrons. The molecule has 0 spiro atoms. The van der Waals surface area contributed by atoms with Crippen molar-refractivity contribution < 1.29 is 19.1 Å². The molecule has 0 bridgehead atoms. The fraction of sp³-hybridized carbons (Fsp3) is 0.500. The van der Waals surface area contributed by atoms with Crippen molar-refractivity contribution in [3.8, 4) is 11.5 Å². The first-order chi connectivity index (χ1) is 14.5. The number of aromatic nitrogens is 1. The maximum Gasteiger partial charge on any atom is 0.273 e. The van der Waals surface area contributed by atoms with E-state index in [0.717, 1.165) is 36.4 Å². The zero-order chi connectivity index (χ0) is 21.5. The average molecular weight is 432 g/mol. The molecule has 1 fully saturated rings. The van der Waals surface area contributed by atoms with E-state index in [9.17, 15) is 9.59 Å². The van der Waals surface area contributed by atoms with Crippen molar-refractivity contribution in [2.24, 2.45) is 5.92 Å². The number of carbonyl (C=O) groups is 2. The highest BCUT2D eigenvalue weighted by Gasteiger charge is 2.26. The molecule has 2 heterocycles. The molecule has 30 heavy (non-hydrogen) atoms. The Bertz CT molecular complexity index is 883. The number of nitrogens with zero attached hydrogens (tertiary/aromatic N) is 2. The van der Waals surface area contributed by atoms with Gasteiger partial charge in [0.2, 0.25) is 5.91 Å². The van der Waals surface area contributed by atoms with Crippen LogP contribution < -0.4 is 14.8 Å². The number of methoxy groups -OCH3 is 2. The highest BCUT2D eigenvalue weighted by molar-refractivity contribution is 7.09. The van der Waals surface area contributed by atoms with E-state index in [1.165, 1.54) is 11.3 Å². The Hall–Kier alpha value is -2.61. The van der Waals surface area contributed by atoms with Gasteiger partial charge in [-0.25, -0.2) is 4.98 Å². The van der Waals surface area contributed by atoms with E-state index in [0.29, 0.717) is 42.6 Å². The van der Waals surface area contributed by atoms with E-state index in [1.807, 2.05) is 29.3 Å². The Labute approximate surface area is 181 Å². The molecule has 1 atom stereocenters. The highest BCUT2D eigenvalue weighted by atomic mass is 32.1. The third-order valence-corrected chi connectivity index (χ3v) is 6.17. The normalized spacial score (nSPS) is 16.2. The molecule has 8 heteroatoms. The number of rotatable bonds is 8. The smallest absolute Gasteiger partial charge is 0.273 e. The van der Waals surface area contributed by atoms with Crippen LogP contribution in [0.4, 0.5) is 0 Å². The summed E-state index contributed by atoms with van der Waals surface area (Å²) in [5.41, 5.74) is 1.43. The summed E-state index contributed by atoms with van der Waals surface area (Å²) in [6.07, 6.45) is 3.22. The molecular weight excluding hydrogens is 402 g/mol. The molecule has 2 aromatic rings. The number of benzene rings is 1. The van der Waals surface area contributed by atoms with Gasteiger partial charge in [-0.1, -0.05) is 0 Å². The largest absolute Gasteiger partial charge is 0.497 e. The number of thiazole rings is 1.